The number of hydrogen-bond acceptors (Lipinski definition) is 4. The van der Waals surface area contributed by atoms with Crippen molar-refractivity contribution in [1.29, 1.82) is 0 Å². The molecule has 1 aromatic heterocycles. The SMILES string of the molecule is CC(C)c1nc(C(=O)N2CCC[C@H](C(=O)O)C2)n[nH]1. The van der Waals surface area contributed by atoms with Crippen LogP contribution in [-0.2, 0) is 4.79 Å². The summed E-state index contributed by atoms with van der Waals surface area (Å²) in [6.45, 7) is 4.71. The summed E-state index contributed by atoms with van der Waals surface area (Å²) in [5.41, 5.74) is 0. The van der Waals surface area contributed by atoms with Gasteiger partial charge < -0.3 is 10.0 Å². The van der Waals surface area contributed by atoms with Crippen LogP contribution in [-0.4, -0.2) is 50.2 Å². The first kappa shape index (κ1) is 13.5. The van der Waals surface area contributed by atoms with Crippen LogP contribution in [0.15, 0.2) is 0 Å². The fourth-order valence-electron chi connectivity index (χ4n) is 2.13. The van der Waals surface area contributed by atoms with Crippen LogP contribution in [0.5, 0.6) is 0 Å². The molecule has 7 heteroatoms. The Hall–Kier alpha value is -1.92. The first-order valence-electron chi connectivity index (χ1n) is 6.43. The zero-order chi connectivity index (χ0) is 14.0. The van der Waals surface area contributed by atoms with E-state index in [0.29, 0.717) is 25.2 Å². The number of aromatic amines is 1. The molecule has 1 amide bonds. The van der Waals surface area contributed by atoms with Gasteiger partial charge in [0.05, 0.1) is 5.92 Å². The Morgan fingerprint density at radius 1 is 1.47 bits per heavy atom. The number of rotatable bonds is 3. The summed E-state index contributed by atoms with van der Waals surface area (Å²) in [5, 5.41) is 15.7. The number of nitrogens with one attached hydrogen (secondary N) is 1. The first-order valence-corrected chi connectivity index (χ1v) is 6.43. The lowest BCUT2D eigenvalue weighted by Crippen LogP contribution is -2.42. The van der Waals surface area contributed by atoms with E-state index in [-0.39, 0.29) is 24.2 Å². The molecule has 104 valence electrons. The van der Waals surface area contributed by atoms with Crippen molar-refractivity contribution in [2.24, 2.45) is 5.92 Å². The van der Waals surface area contributed by atoms with Gasteiger partial charge in [-0.3, -0.25) is 14.7 Å². The van der Waals surface area contributed by atoms with Crippen molar-refractivity contribution in [2.75, 3.05) is 13.1 Å². The number of aromatic nitrogens is 3. The third-order valence-electron chi connectivity index (χ3n) is 3.30. The minimum atomic E-state index is -0.852. The van der Waals surface area contributed by atoms with Crippen LogP contribution in [0.25, 0.3) is 0 Å². The van der Waals surface area contributed by atoms with E-state index in [2.05, 4.69) is 15.2 Å². The fraction of sp³-hybridized carbons (Fsp3) is 0.667. The molecule has 2 N–H and O–H groups in total. The molecule has 19 heavy (non-hydrogen) atoms. The highest BCUT2D eigenvalue weighted by Crippen LogP contribution is 2.18. The molecule has 0 bridgehead atoms. The van der Waals surface area contributed by atoms with Crippen LogP contribution >= 0.6 is 0 Å². The van der Waals surface area contributed by atoms with Crippen molar-refractivity contribution in [2.45, 2.75) is 32.6 Å². The van der Waals surface area contributed by atoms with Gasteiger partial charge >= 0.3 is 5.97 Å². The number of carboxylic acids is 1. The van der Waals surface area contributed by atoms with Gasteiger partial charge in [-0.2, -0.15) is 0 Å². The molecule has 1 aliphatic heterocycles. The number of hydrogen-bond donors (Lipinski definition) is 2. The van der Waals surface area contributed by atoms with Gasteiger partial charge in [0.25, 0.3) is 5.91 Å². The summed E-state index contributed by atoms with van der Waals surface area (Å²) in [5.74, 6) is -0.683. The highest BCUT2D eigenvalue weighted by molar-refractivity contribution is 5.90. The Bertz CT molecular complexity index is 483. The summed E-state index contributed by atoms with van der Waals surface area (Å²) in [7, 11) is 0. The van der Waals surface area contributed by atoms with Crippen LogP contribution < -0.4 is 0 Å². The maximum atomic E-state index is 12.2. The summed E-state index contributed by atoms with van der Waals surface area (Å²) in [6, 6.07) is 0. The Morgan fingerprint density at radius 3 is 2.79 bits per heavy atom. The topological polar surface area (TPSA) is 99.2 Å². The van der Waals surface area contributed by atoms with Gasteiger partial charge in [0.15, 0.2) is 0 Å². The van der Waals surface area contributed by atoms with Crippen molar-refractivity contribution in [3.8, 4) is 0 Å². The van der Waals surface area contributed by atoms with E-state index < -0.39 is 11.9 Å². The molecule has 1 saturated heterocycles. The molecule has 1 aromatic rings. The van der Waals surface area contributed by atoms with Crippen LogP contribution in [0.1, 0.15) is 49.1 Å². The molecule has 0 saturated carbocycles. The smallest absolute Gasteiger partial charge is 0.308 e. The summed E-state index contributed by atoms with van der Waals surface area (Å²) >= 11 is 0. The largest absolute Gasteiger partial charge is 0.481 e. The van der Waals surface area contributed by atoms with Crippen molar-refractivity contribution < 1.29 is 14.7 Å². The van der Waals surface area contributed by atoms with E-state index in [0.717, 1.165) is 0 Å². The summed E-state index contributed by atoms with van der Waals surface area (Å²) in [6.07, 6.45) is 1.31. The minimum Gasteiger partial charge on any atom is -0.481 e. The van der Waals surface area contributed by atoms with Crippen LogP contribution in [0.3, 0.4) is 0 Å². The highest BCUT2D eigenvalue weighted by Gasteiger charge is 2.30. The molecule has 2 rings (SSSR count). The van der Waals surface area contributed by atoms with Gasteiger partial charge in [0.2, 0.25) is 5.82 Å². The quantitative estimate of drug-likeness (QED) is 0.845. The molecule has 0 unspecified atom stereocenters. The number of likely N-dealkylation sites (tertiary alicyclic amines) is 1. The van der Waals surface area contributed by atoms with E-state index >= 15 is 0 Å². The number of carbonyl (C=O) groups is 2. The van der Waals surface area contributed by atoms with Crippen molar-refractivity contribution in [1.82, 2.24) is 20.1 Å². The Labute approximate surface area is 111 Å². The molecular weight excluding hydrogens is 248 g/mol. The number of aliphatic carboxylic acids is 1. The minimum absolute atomic E-state index is 0.120. The first-order chi connectivity index (χ1) is 8.99. The standard InChI is InChI=1S/C12H18N4O3/c1-7(2)9-13-10(15-14-9)11(17)16-5-3-4-8(6-16)12(18)19/h7-8H,3-6H2,1-2H3,(H,18,19)(H,13,14,15)/t8-/m0/s1. The molecular formula is C12H18N4O3. The highest BCUT2D eigenvalue weighted by atomic mass is 16.4. The van der Waals surface area contributed by atoms with Crippen LogP contribution in [0.2, 0.25) is 0 Å². The molecule has 7 nitrogen and oxygen atoms in total. The molecule has 1 fully saturated rings. The zero-order valence-electron chi connectivity index (χ0n) is 11.1. The second-order valence-corrected chi connectivity index (χ2v) is 5.13. The second-order valence-electron chi connectivity index (χ2n) is 5.13. The third-order valence-corrected chi connectivity index (χ3v) is 3.30. The molecule has 1 atom stereocenters. The van der Waals surface area contributed by atoms with E-state index in [1.807, 2.05) is 13.8 Å². The average molecular weight is 266 g/mol. The molecule has 2 heterocycles. The Morgan fingerprint density at radius 2 is 2.21 bits per heavy atom. The molecule has 0 radical (unpaired) electrons. The lowest BCUT2D eigenvalue weighted by Gasteiger charge is -2.29. The fourth-order valence-corrected chi connectivity index (χ4v) is 2.13. The lowest BCUT2D eigenvalue weighted by atomic mass is 9.98. The summed E-state index contributed by atoms with van der Waals surface area (Å²) in [4.78, 5) is 28.8. The lowest BCUT2D eigenvalue weighted by molar-refractivity contribution is -0.143. The van der Waals surface area contributed by atoms with Gasteiger partial charge in [-0.25, -0.2) is 4.98 Å². The van der Waals surface area contributed by atoms with Gasteiger partial charge in [-0.05, 0) is 12.8 Å². The number of H-pyrrole nitrogens is 1. The second kappa shape index (κ2) is 5.38. The predicted molar refractivity (Wildman–Crippen MR) is 66.7 cm³/mol. The Balaban J connectivity index is 2.08. The van der Waals surface area contributed by atoms with Gasteiger partial charge in [0.1, 0.15) is 5.82 Å². The third kappa shape index (κ3) is 2.91. The van der Waals surface area contributed by atoms with E-state index in [1.54, 1.807) is 0 Å². The number of carboxylic acid groups (broad SMARTS) is 1. The van der Waals surface area contributed by atoms with E-state index in [1.165, 1.54) is 4.90 Å². The number of amides is 1. The molecule has 0 aromatic carbocycles. The van der Waals surface area contributed by atoms with E-state index in [9.17, 15) is 9.59 Å². The maximum absolute atomic E-state index is 12.2. The number of piperidine rings is 1. The molecule has 0 spiro atoms. The van der Waals surface area contributed by atoms with Gasteiger partial charge in [0, 0.05) is 19.0 Å². The summed E-state index contributed by atoms with van der Waals surface area (Å²) < 4.78 is 0. The number of carbonyl (C=O) groups excluding carboxylic acids is 1. The number of nitrogens with zero attached hydrogens (tertiary/aromatic N) is 3. The van der Waals surface area contributed by atoms with Gasteiger partial charge in [-0.15, -0.1) is 5.10 Å². The average Bonchev–Trinajstić information content (AvgIpc) is 2.87. The van der Waals surface area contributed by atoms with Gasteiger partial charge in [-0.1, -0.05) is 13.8 Å². The molecule has 0 aliphatic carbocycles. The maximum Gasteiger partial charge on any atom is 0.308 e. The van der Waals surface area contributed by atoms with E-state index in [4.69, 9.17) is 5.11 Å². The normalized spacial score (nSPS) is 19.7. The Kier molecular flexibility index (Phi) is 3.82. The molecule has 1 aliphatic rings. The predicted octanol–water partition coefficient (Wildman–Crippen LogP) is 0.865. The van der Waals surface area contributed by atoms with Crippen molar-refractivity contribution >= 4 is 11.9 Å². The van der Waals surface area contributed by atoms with Crippen molar-refractivity contribution in [3.05, 3.63) is 11.6 Å². The monoisotopic (exact) mass is 266 g/mol. The van der Waals surface area contributed by atoms with Crippen LogP contribution in [0.4, 0.5) is 0 Å². The van der Waals surface area contributed by atoms with Crippen molar-refractivity contribution in [3.63, 3.8) is 0 Å². The zero-order valence-corrected chi connectivity index (χ0v) is 11.1. The van der Waals surface area contributed by atoms with Crippen LogP contribution in [0, 0.1) is 5.92 Å².